The van der Waals surface area contributed by atoms with E-state index in [4.69, 9.17) is 16.7 Å². The highest BCUT2D eigenvalue weighted by Crippen LogP contribution is 2.42. The fraction of sp³-hybridized carbons (Fsp3) is 0.789. The van der Waals surface area contributed by atoms with Gasteiger partial charge in [0.25, 0.3) is 0 Å². The number of hydrogen-bond donors (Lipinski definition) is 2. The predicted molar refractivity (Wildman–Crippen MR) is 110 cm³/mol. The van der Waals surface area contributed by atoms with Gasteiger partial charge in [0.15, 0.2) is 10.0 Å². The number of carboxylic acids is 1. The quantitative estimate of drug-likeness (QED) is 0.259. The van der Waals surface area contributed by atoms with Gasteiger partial charge in [0.05, 0.1) is 6.10 Å². The maximum Gasteiger partial charge on any atom is 0.355 e. The molecule has 0 aliphatic heterocycles. The van der Waals surface area contributed by atoms with Gasteiger partial charge in [-0.2, -0.15) is 0 Å². The molecule has 0 unspecified atom stereocenters. The summed E-state index contributed by atoms with van der Waals surface area (Å²) >= 11 is 9.48. The van der Waals surface area contributed by atoms with Gasteiger partial charge in [0.2, 0.25) is 0 Å². The van der Waals surface area contributed by atoms with Crippen LogP contribution in [-0.2, 0) is 0 Å². The highest BCUT2D eigenvalue weighted by molar-refractivity contribution is 8.01. The Morgan fingerprint density at radius 1 is 1.27 bits per heavy atom. The zero-order chi connectivity index (χ0) is 18.9. The number of unbranched alkanes of at least 4 members (excludes halogenated alkanes) is 5. The van der Waals surface area contributed by atoms with Crippen LogP contribution in [0.5, 0.6) is 0 Å². The van der Waals surface area contributed by atoms with Crippen molar-refractivity contribution in [1.29, 1.82) is 0 Å². The van der Waals surface area contributed by atoms with E-state index in [-0.39, 0.29) is 17.2 Å². The van der Waals surface area contributed by atoms with Crippen LogP contribution in [0.2, 0.25) is 0 Å². The number of rotatable bonds is 12. The average Bonchev–Trinajstić information content (AvgIpc) is 3.17. The highest BCUT2D eigenvalue weighted by atomic mass is 35.5. The number of alkyl halides is 1. The number of hydrogen-bond acceptors (Lipinski definition) is 5. The Morgan fingerprint density at radius 3 is 2.69 bits per heavy atom. The second-order valence-corrected chi connectivity index (χ2v) is 9.90. The van der Waals surface area contributed by atoms with Gasteiger partial charge in [-0.25, -0.2) is 9.78 Å². The standard InChI is InChI=1S/C19H30ClNO3S2/c1-2-3-4-5-6-7-8-14-13(15(20)11-17(14)22)9-10-25-19-21-16(12-26-19)18(23)24/h12-15,17,22H,2-11H2,1H3,(H,23,24)/t13-,14-,15-,17-/m1/s1. The van der Waals surface area contributed by atoms with Gasteiger partial charge in [-0.1, -0.05) is 57.2 Å². The Hall–Kier alpha value is -0.300. The molecule has 2 N–H and O–H groups in total. The van der Waals surface area contributed by atoms with Gasteiger partial charge in [0.1, 0.15) is 0 Å². The van der Waals surface area contributed by atoms with Crippen molar-refractivity contribution in [3.8, 4) is 0 Å². The Bertz CT molecular complexity index is 555. The molecule has 26 heavy (non-hydrogen) atoms. The van der Waals surface area contributed by atoms with Crippen molar-refractivity contribution in [3.63, 3.8) is 0 Å². The van der Waals surface area contributed by atoms with Crippen LogP contribution in [0.4, 0.5) is 0 Å². The normalized spacial score (nSPS) is 25.7. The highest BCUT2D eigenvalue weighted by Gasteiger charge is 2.40. The number of thiazole rings is 1. The van der Waals surface area contributed by atoms with Gasteiger partial charge in [-0.3, -0.25) is 0 Å². The molecule has 4 nitrogen and oxygen atoms in total. The minimum Gasteiger partial charge on any atom is -0.476 e. The lowest BCUT2D eigenvalue weighted by Crippen LogP contribution is -2.21. The first kappa shape index (κ1) is 22.0. The number of thioether (sulfide) groups is 1. The molecule has 1 heterocycles. The van der Waals surface area contributed by atoms with Crippen LogP contribution in [-0.4, -0.2) is 38.4 Å². The van der Waals surface area contributed by atoms with Crippen LogP contribution < -0.4 is 0 Å². The van der Waals surface area contributed by atoms with Crippen LogP contribution >= 0.6 is 34.7 Å². The zero-order valence-electron chi connectivity index (χ0n) is 15.4. The molecule has 0 spiro atoms. The van der Waals surface area contributed by atoms with Crippen molar-refractivity contribution in [3.05, 3.63) is 11.1 Å². The number of aliphatic hydroxyl groups is 1. The second-order valence-electron chi connectivity index (χ2n) is 7.14. The summed E-state index contributed by atoms with van der Waals surface area (Å²) in [6.45, 7) is 2.23. The van der Waals surface area contributed by atoms with E-state index in [1.807, 2.05) is 0 Å². The molecule has 7 heteroatoms. The van der Waals surface area contributed by atoms with E-state index in [0.29, 0.717) is 18.3 Å². The third-order valence-corrected chi connectivity index (χ3v) is 7.80. The number of nitrogens with zero attached hydrogens (tertiary/aromatic N) is 1. The van der Waals surface area contributed by atoms with Gasteiger partial charge in [0, 0.05) is 16.5 Å². The maximum absolute atomic E-state index is 10.9. The van der Waals surface area contributed by atoms with Crippen LogP contribution in [0.1, 0.15) is 75.2 Å². The van der Waals surface area contributed by atoms with Gasteiger partial charge in [-0.15, -0.1) is 22.9 Å². The molecule has 0 saturated heterocycles. The molecule has 0 amide bonds. The summed E-state index contributed by atoms with van der Waals surface area (Å²) in [5.74, 6) is 0.524. The molecular weight excluding hydrogens is 390 g/mol. The predicted octanol–water partition coefficient (Wildman–Crippen LogP) is 5.68. The lowest BCUT2D eigenvalue weighted by Gasteiger charge is -2.23. The Kier molecular flexibility index (Phi) is 9.75. The molecule has 4 atom stereocenters. The lowest BCUT2D eigenvalue weighted by atomic mass is 9.87. The molecule has 1 aliphatic carbocycles. The van der Waals surface area contributed by atoms with E-state index >= 15 is 0 Å². The molecule has 1 saturated carbocycles. The van der Waals surface area contributed by atoms with Gasteiger partial charge < -0.3 is 10.2 Å². The maximum atomic E-state index is 10.9. The molecule has 0 bridgehead atoms. The van der Waals surface area contributed by atoms with Crippen LogP contribution in [0.3, 0.4) is 0 Å². The topological polar surface area (TPSA) is 70.4 Å². The van der Waals surface area contributed by atoms with Crippen molar-refractivity contribution in [2.75, 3.05) is 5.75 Å². The largest absolute Gasteiger partial charge is 0.476 e. The Morgan fingerprint density at radius 2 is 2.00 bits per heavy atom. The molecule has 148 valence electrons. The number of aromatic nitrogens is 1. The summed E-state index contributed by atoms with van der Waals surface area (Å²) < 4.78 is 0.791. The number of carboxylic acid groups (broad SMARTS) is 1. The Labute approximate surface area is 169 Å². The molecule has 1 aromatic heterocycles. The fourth-order valence-electron chi connectivity index (χ4n) is 3.80. The third kappa shape index (κ3) is 6.70. The first-order valence-electron chi connectivity index (χ1n) is 9.66. The number of halogens is 1. The van der Waals surface area contributed by atoms with E-state index in [1.165, 1.54) is 49.9 Å². The minimum atomic E-state index is -0.980. The summed E-state index contributed by atoms with van der Waals surface area (Å²) in [7, 11) is 0. The first-order valence-corrected chi connectivity index (χ1v) is 12.0. The average molecular weight is 420 g/mol. The molecule has 0 radical (unpaired) electrons. The number of aromatic carboxylic acids is 1. The van der Waals surface area contributed by atoms with E-state index in [0.717, 1.165) is 22.9 Å². The summed E-state index contributed by atoms with van der Waals surface area (Å²) in [4.78, 5) is 15.0. The number of carbonyl (C=O) groups is 1. The van der Waals surface area contributed by atoms with Crippen molar-refractivity contribution >= 4 is 40.7 Å². The summed E-state index contributed by atoms with van der Waals surface area (Å²) in [6.07, 6.45) is 10.0. The summed E-state index contributed by atoms with van der Waals surface area (Å²) in [5.41, 5.74) is 0.116. The van der Waals surface area contributed by atoms with E-state index < -0.39 is 5.97 Å². The fourth-order valence-corrected chi connectivity index (χ4v) is 6.21. The molecule has 0 aromatic carbocycles. The van der Waals surface area contributed by atoms with Crippen LogP contribution in [0, 0.1) is 11.8 Å². The molecule has 1 fully saturated rings. The van der Waals surface area contributed by atoms with E-state index in [2.05, 4.69) is 11.9 Å². The van der Waals surface area contributed by atoms with Crippen LogP contribution in [0.25, 0.3) is 0 Å². The van der Waals surface area contributed by atoms with E-state index in [1.54, 1.807) is 17.1 Å². The van der Waals surface area contributed by atoms with Crippen molar-refractivity contribution < 1.29 is 15.0 Å². The smallest absolute Gasteiger partial charge is 0.355 e. The van der Waals surface area contributed by atoms with Crippen molar-refractivity contribution in [2.45, 2.75) is 80.5 Å². The number of aliphatic hydroxyl groups excluding tert-OH is 1. The van der Waals surface area contributed by atoms with E-state index in [9.17, 15) is 9.90 Å². The van der Waals surface area contributed by atoms with Gasteiger partial charge >= 0.3 is 5.97 Å². The Balaban J connectivity index is 1.74. The third-order valence-electron chi connectivity index (χ3n) is 5.25. The molecule has 1 aromatic rings. The second kappa shape index (κ2) is 11.5. The summed E-state index contributed by atoms with van der Waals surface area (Å²) in [5, 5.41) is 20.9. The SMILES string of the molecule is CCCCCCCC[C@@H]1[C@@H](CCSc2nc(C(=O)O)cs2)[C@H](Cl)C[C@H]1O. The minimum absolute atomic E-state index is 0.0431. The molecule has 2 rings (SSSR count). The van der Waals surface area contributed by atoms with Crippen LogP contribution in [0.15, 0.2) is 9.72 Å². The zero-order valence-corrected chi connectivity index (χ0v) is 17.8. The van der Waals surface area contributed by atoms with Gasteiger partial charge in [-0.05, 0) is 31.1 Å². The van der Waals surface area contributed by atoms with Crippen molar-refractivity contribution in [2.24, 2.45) is 11.8 Å². The molecular formula is C19H30ClNO3S2. The van der Waals surface area contributed by atoms with Crippen molar-refractivity contribution in [1.82, 2.24) is 4.98 Å². The lowest BCUT2D eigenvalue weighted by molar-refractivity contribution is 0.0690. The summed E-state index contributed by atoms with van der Waals surface area (Å²) in [6, 6.07) is 0. The molecule has 1 aliphatic rings. The monoisotopic (exact) mass is 419 g/mol. The first-order chi connectivity index (χ1) is 12.5.